The molecule has 0 saturated carbocycles. The SMILES string of the molecule is CCOC(=O)CN1C(=O)SC(=Cc2ccc(OC)c(C)c2OC)C1=O. The van der Waals surface area contributed by atoms with E-state index in [0.717, 1.165) is 22.2 Å². The molecular formula is C17H19NO6S. The Morgan fingerprint density at radius 1 is 1.24 bits per heavy atom. The first-order valence-electron chi connectivity index (χ1n) is 7.55. The van der Waals surface area contributed by atoms with Gasteiger partial charge < -0.3 is 14.2 Å². The molecule has 1 aromatic carbocycles. The number of hydrogen-bond donors (Lipinski definition) is 0. The highest BCUT2D eigenvalue weighted by atomic mass is 32.2. The Kier molecular flexibility index (Phi) is 6.08. The minimum absolute atomic E-state index is 0.188. The van der Waals surface area contributed by atoms with Crippen LogP contribution in [0.25, 0.3) is 6.08 Å². The number of nitrogens with zero attached hydrogens (tertiary/aromatic N) is 1. The summed E-state index contributed by atoms with van der Waals surface area (Å²) in [6.07, 6.45) is 1.57. The van der Waals surface area contributed by atoms with E-state index in [1.54, 1.807) is 32.2 Å². The maximum absolute atomic E-state index is 12.4. The molecule has 1 aromatic rings. The molecule has 0 unspecified atom stereocenters. The number of ether oxygens (including phenoxy) is 3. The first-order valence-corrected chi connectivity index (χ1v) is 8.37. The number of esters is 1. The van der Waals surface area contributed by atoms with E-state index in [-0.39, 0.29) is 11.5 Å². The van der Waals surface area contributed by atoms with Crippen molar-refractivity contribution in [3.05, 3.63) is 28.2 Å². The van der Waals surface area contributed by atoms with Crippen LogP contribution in [-0.2, 0) is 14.3 Å². The highest BCUT2D eigenvalue weighted by Gasteiger charge is 2.36. The predicted molar refractivity (Wildman–Crippen MR) is 93.6 cm³/mol. The molecule has 8 heteroatoms. The highest BCUT2D eigenvalue weighted by molar-refractivity contribution is 8.18. The van der Waals surface area contributed by atoms with Gasteiger partial charge in [-0.25, -0.2) is 0 Å². The molecule has 0 aromatic heterocycles. The van der Waals surface area contributed by atoms with Crippen molar-refractivity contribution in [3.8, 4) is 11.5 Å². The Bertz CT molecular complexity index is 743. The lowest BCUT2D eigenvalue weighted by atomic mass is 10.1. The number of benzene rings is 1. The molecule has 0 radical (unpaired) electrons. The maximum atomic E-state index is 12.4. The third-order valence-corrected chi connectivity index (χ3v) is 4.47. The summed E-state index contributed by atoms with van der Waals surface area (Å²) in [6.45, 7) is 3.28. The van der Waals surface area contributed by atoms with Crippen molar-refractivity contribution in [1.82, 2.24) is 4.90 Å². The monoisotopic (exact) mass is 365 g/mol. The first kappa shape index (κ1) is 18.9. The third-order valence-electron chi connectivity index (χ3n) is 3.56. The number of thioether (sulfide) groups is 1. The lowest BCUT2D eigenvalue weighted by molar-refractivity contribution is -0.145. The van der Waals surface area contributed by atoms with Gasteiger partial charge in [-0.15, -0.1) is 0 Å². The van der Waals surface area contributed by atoms with E-state index in [2.05, 4.69) is 0 Å². The van der Waals surface area contributed by atoms with Gasteiger partial charge in [0.25, 0.3) is 11.1 Å². The van der Waals surface area contributed by atoms with Crippen LogP contribution in [0.5, 0.6) is 11.5 Å². The standard InChI is InChI=1S/C17H19NO6S/c1-5-24-14(19)9-18-16(20)13(25-17(18)21)8-11-6-7-12(22-3)10(2)15(11)23-4/h6-8H,5,9H2,1-4H3. The molecule has 25 heavy (non-hydrogen) atoms. The molecule has 2 rings (SSSR count). The molecule has 134 valence electrons. The fraction of sp³-hybridized carbons (Fsp3) is 0.353. The third kappa shape index (κ3) is 3.96. The molecule has 1 aliphatic rings. The van der Waals surface area contributed by atoms with E-state index in [1.165, 1.54) is 7.11 Å². The number of carbonyl (C=O) groups is 3. The Morgan fingerprint density at radius 2 is 1.96 bits per heavy atom. The van der Waals surface area contributed by atoms with E-state index in [1.807, 2.05) is 6.92 Å². The minimum atomic E-state index is -0.621. The molecule has 1 heterocycles. The van der Waals surface area contributed by atoms with Gasteiger partial charge in [0.2, 0.25) is 0 Å². The number of carbonyl (C=O) groups excluding carboxylic acids is 3. The Morgan fingerprint density at radius 3 is 2.56 bits per heavy atom. The lowest BCUT2D eigenvalue weighted by Crippen LogP contribution is -2.34. The van der Waals surface area contributed by atoms with Crippen LogP contribution in [0.2, 0.25) is 0 Å². The normalized spacial score (nSPS) is 15.7. The molecule has 1 fully saturated rings. The maximum Gasteiger partial charge on any atom is 0.326 e. The second-order valence-corrected chi connectivity index (χ2v) is 6.08. The van der Waals surface area contributed by atoms with Crippen molar-refractivity contribution in [2.24, 2.45) is 0 Å². The topological polar surface area (TPSA) is 82.1 Å². The summed E-state index contributed by atoms with van der Waals surface area (Å²) < 4.78 is 15.4. The predicted octanol–water partition coefficient (Wildman–Crippen LogP) is 2.61. The molecule has 0 spiro atoms. The van der Waals surface area contributed by atoms with Crippen LogP contribution in [0.1, 0.15) is 18.1 Å². The Labute approximate surface area is 149 Å². The van der Waals surface area contributed by atoms with Crippen LogP contribution in [0.3, 0.4) is 0 Å². The van der Waals surface area contributed by atoms with Crippen molar-refractivity contribution in [3.63, 3.8) is 0 Å². The van der Waals surface area contributed by atoms with Gasteiger partial charge in [-0.1, -0.05) is 0 Å². The average molecular weight is 365 g/mol. The fourth-order valence-corrected chi connectivity index (χ4v) is 3.24. The number of amides is 2. The van der Waals surface area contributed by atoms with Crippen molar-refractivity contribution in [2.45, 2.75) is 13.8 Å². The zero-order valence-corrected chi connectivity index (χ0v) is 15.3. The summed E-state index contributed by atoms with van der Waals surface area (Å²) in [7, 11) is 3.08. The van der Waals surface area contributed by atoms with E-state index in [0.29, 0.717) is 17.1 Å². The number of hydrogen-bond acceptors (Lipinski definition) is 7. The van der Waals surface area contributed by atoms with E-state index in [9.17, 15) is 14.4 Å². The van der Waals surface area contributed by atoms with Crippen LogP contribution in [0.15, 0.2) is 17.0 Å². The van der Waals surface area contributed by atoms with Gasteiger partial charge in [0.05, 0.1) is 25.7 Å². The summed E-state index contributed by atoms with van der Waals surface area (Å²) in [5.74, 6) is 0.0588. The van der Waals surface area contributed by atoms with E-state index in [4.69, 9.17) is 14.2 Å². The van der Waals surface area contributed by atoms with Gasteiger partial charge in [-0.3, -0.25) is 19.3 Å². The summed E-state index contributed by atoms with van der Waals surface area (Å²) in [5.41, 5.74) is 1.42. The van der Waals surface area contributed by atoms with Crippen LogP contribution >= 0.6 is 11.8 Å². The van der Waals surface area contributed by atoms with Crippen LogP contribution in [0, 0.1) is 6.92 Å². The van der Waals surface area contributed by atoms with E-state index < -0.39 is 23.7 Å². The smallest absolute Gasteiger partial charge is 0.326 e. The van der Waals surface area contributed by atoms with Crippen LogP contribution in [-0.4, -0.2) is 49.4 Å². The van der Waals surface area contributed by atoms with Crippen molar-refractivity contribution >= 4 is 35.0 Å². The molecule has 2 amide bonds. The Balaban J connectivity index is 2.31. The second kappa shape index (κ2) is 8.06. The number of rotatable bonds is 6. The van der Waals surface area contributed by atoms with E-state index >= 15 is 0 Å². The fourth-order valence-electron chi connectivity index (χ4n) is 2.41. The largest absolute Gasteiger partial charge is 0.496 e. The van der Waals surface area contributed by atoms with Crippen molar-refractivity contribution in [1.29, 1.82) is 0 Å². The number of imide groups is 1. The Hall–Kier alpha value is -2.48. The second-order valence-electron chi connectivity index (χ2n) is 5.09. The highest BCUT2D eigenvalue weighted by Crippen LogP contribution is 2.37. The van der Waals surface area contributed by atoms with Crippen LogP contribution in [0.4, 0.5) is 4.79 Å². The van der Waals surface area contributed by atoms with Gasteiger partial charge in [-0.05, 0) is 43.8 Å². The summed E-state index contributed by atoms with van der Waals surface area (Å²) in [4.78, 5) is 37.1. The van der Waals surface area contributed by atoms with Gasteiger partial charge in [0.15, 0.2) is 0 Å². The zero-order chi connectivity index (χ0) is 18.6. The number of methoxy groups -OCH3 is 2. The zero-order valence-electron chi connectivity index (χ0n) is 14.5. The molecule has 0 atom stereocenters. The van der Waals surface area contributed by atoms with Gasteiger partial charge >= 0.3 is 5.97 Å². The quantitative estimate of drug-likeness (QED) is 0.566. The van der Waals surface area contributed by atoms with Gasteiger partial charge in [0, 0.05) is 11.1 Å². The van der Waals surface area contributed by atoms with Crippen molar-refractivity contribution in [2.75, 3.05) is 27.4 Å². The molecule has 0 aliphatic carbocycles. The summed E-state index contributed by atoms with van der Waals surface area (Å²) in [6, 6.07) is 3.50. The lowest BCUT2D eigenvalue weighted by Gasteiger charge is -2.13. The average Bonchev–Trinajstić information content (AvgIpc) is 2.83. The molecule has 1 saturated heterocycles. The first-order chi connectivity index (χ1) is 11.9. The van der Waals surface area contributed by atoms with Crippen LogP contribution < -0.4 is 9.47 Å². The molecule has 0 N–H and O–H groups in total. The molecule has 0 bridgehead atoms. The van der Waals surface area contributed by atoms with Gasteiger partial charge in [0.1, 0.15) is 18.0 Å². The summed E-state index contributed by atoms with van der Waals surface area (Å²) in [5, 5.41) is -0.506. The molecule has 1 aliphatic heterocycles. The molecular weight excluding hydrogens is 346 g/mol. The minimum Gasteiger partial charge on any atom is -0.496 e. The van der Waals surface area contributed by atoms with Crippen molar-refractivity contribution < 1.29 is 28.6 Å². The summed E-state index contributed by atoms with van der Waals surface area (Å²) >= 11 is 0.776. The molecule has 7 nitrogen and oxygen atoms in total. The van der Waals surface area contributed by atoms with Gasteiger partial charge in [-0.2, -0.15) is 0 Å².